The van der Waals surface area contributed by atoms with Crippen LogP contribution in [0.4, 0.5) is 0 Å². The van der Waals surface area contributed by atoms with Crippen LogP contribution in [0.25, 0.3) is 0 Å². The van der Waals surface area contributed by atoms with Gasteiger partial charge in [0.25, 0.3) is 0 Å². The number of hydrogen-bond donors (Lipinski definition) is 0. The van der Waals surface area contributed by atoms with Gasteiger partial charge in [-0.15, -0.1) is 18.2 Å². The second kappa shape index (κ2) is 7.86. The zero-order valence-corrected chi connectivity index (χ0v) is 11.3. The molecule has 18 heavy (non-hydrogen) atoms. The number of Topliss-reactive ketones (excluding diaryl/α,β-unsaturated/α-hetero) is 1. The van der Waals surface area contributed by atoms with Gasteiger partial charge in [0.2, 0.25) is 0 Å². The van der Waals surface area contributed by atoms with Crippen molar-refractivity contribution in [2.45, 2.75) is 19.3 Å². The Morgan fingerprint density at radius 3 is 2.22 bits per heavy atom. The minimum absolute atomic E-state index is 0. The first-order chi connectivity index (χ1) is 8.38. The summed E-state index contributed by atoms with van der Waals surface area (Å²) in [5.74, 6) is 0.220. The second-order valence-corrected chi connectivity index (χ2v) is 4.09. The van der Waals surface area contributed by atoms with E-state index in [0.29, 0.717) is 0 Å². The number of carbonyl (C=O) groups excluding carboxylic acids is 1. The number of hydrogen-bond acceptors (Lipinski definition) is 1. The Labute approximate surface area is 119 Å². The van der Waals surface area contributed by atoms with Crippen LogP contribution in [-0.2, 0) is 17.1 Å². The van der Waals surface area contributed by atoms with Gasteiger partial charge < -0.3 is 4.79 Å². The molecule has 0 heterocycles. The van der Waals surface area contributed by atoms with Gasteiger partial charge in [-0.1, -0.05) is 24.0 Å². The predicted octanol–water partition coefficient (Wildman–Crippen LogP) is 4.10. The van der Waals surface area contributed by atoms with Gasteiger partial charge in [0, 0.05) is 17.1 Å². The van der Waals surface area contributed by atoms with Gasteiger partial charge in [-0.3, -0.25) is 0 Å². The standard InChI is InChI=1S/C11H11O.C5H5.Fe/c12-11(9-5-1-2-6-9)10-7-3-4-8-10;1-2-4-5-3-1;/h1-2,5-7H,3-4,8H2;1-5H;/q2*-1;. The first kappa shape index (κ1) is 14.7. The molecule has 2 aromatic rings. The van der Waals surface area contributed by atoms with Crippen molar-refractivity contribution in [2.75, 3.05) is 0 Å². The Hall–Kier alpha value is -1.37. The fourth-order valence-electron chi connectivity index (χ4n) is 1.91. The zero-order chi connectivity index (χ0) is 11.9. The number of allylic oxidation sites excluding steroid dienone is 2. The van der Waals surface area contributed by atoms with Crippen LogP contribution in [0, 0.1) is 0 Å². The molecule has 0 N–H and O–H groups in total. The van der Waals surface area contributed by atoms with E-state index in [1.165, 1.54) is 0 Å². The molecule has 1 aliphatic carbocycles. The molecule has 2 aromatic carbocycles. The summed E-state index contributed by atoms with van der Waals surface area (Å²) in [6.45, 7) is 0. The number of ketones is 1. The predicted molar refractivity (Wildman–Crippen MR) is 70.3 cm³/mol. The number of rotatable bonds is 2. The van der Waals surface area contributed by atoms with Crippen LogP contribution >= 0.6 is 0 Å². The molecule has 0 saturated carbocycles. The van der Waals surface area contributed by atoms with Crippen molar-refractivity contribution in [1.29, 1.82) is 0 Å². The van der Waals surface area contributed by atoms with Crippen LogP contribution in [0.3, 0.4) is 0 Å². The minimum atomic E-state index is 0. The third kappa shape index (κ3) is 4.14. The van der Waals surface area contributed by atoms with E-state index < -0.39 is 0 Å². The molecule has 0 spiro atoms. The monoisotopic (exact) mass is 280 g/mol. The van der Waals surface area contributed by atoms with Gasteiger partial charge in [-0.05, 0) is 6.42 Å². The van der Waals surface area contributed by atoms with Crippen molar-refractivity contribution < 1.29 is 21.9 Å². The SMILES string of the molecule is O=C(C1=CCCC1)[c-]1cccc1.[Fe].c1cc[cH-]c1. The van der Waals surface area contributed by atoms with Gasteiger partial charge in [0.1, 0.15) is 5.78 Å². The maximum absolute atomic E-state index is 11.6. The normalized spacial score (nSPS) is 13.0. The number of carbonyl (C=O) groups is 1. The summed E-state index contributed by atoms with van der Waals surface area (Å²) >= 11 is 0. The summed E-state index contributed by atoms with van der Waals surface area (Å²) in [6.07, 6.45) is 5.24. The van der Waals surface area contributed by atoms with E-state index in [1.54, 1.807) is 0 Å². The largest absolute Gasteiger partial charge is 0.311 e. The smallest absolute Gasteiger partial charge is 0.108 e. The topological polar surface area (TPSA) is 17.1 Å². The van der Waals surface area contributed by atoms with Crippen molar-refractivity contribution in [3.8, 4) is 0 Å². The maximum Gasteiger partial charge on any atom is 0.108 e. The summed E-state index contributed by atoms with van der Waals surface area (Å²) < 4.78 is 0. The van der Waals surface area contributed by atoms with Gasteiger partial charge >= 0.3 is 0 Å². The van der Waals surface area contributed by atoms with Crippen molar-refractivity contribution in [2.24, 2.45) is 0 Å². The van der Waals surface area contributed by atoms with Crippen LogP contribution in [0.2, 0.25) is 0 Å². The molecule has 96 valence electrons. The maximum atomic E-state index is 11.6. The summed E-state index contributed by atoms with van der Waals surface area (Å²) in [6, 6.07) is 17.6. The van der Waals surface area contributed by atoms with E-state index in [4.69, 9.17) is 0 Å². The molecule has 0 atom stereocenters. The third-order valence-corrected chi connectivity index (χ3v) is 2.81. The van der Waals surface area contributed by atoms with Crippen LogP contribution in [0.15, 0.2) is 66.2 Å². The fourth-order valence-corrected chi connectivity index (χ4v) is 1.91. The molecule has 2 heteroatoms. The first-order valence-corrected chi connectivity index (χ1v) is 6.00. The molecule has 0 fully saturated rings. The van der Waals surface area contributed by atoms with Crippen LogP contribution in [-0.4, -0.2) is 5.78 Å². The summed E-state index contributed by atoms with van der Waals surface area (Å²) in [5.41, 5.74) is 1.84. The molecule has 0 unspecified atom stereocenters. The Kier molecular flexibility index (Phi) is 6.41. The third-order valence-electron chi connectivity index (χ3n) is 2.81. The van der Waals surface area contributed by atoms with Gasteiger partial charge in [0.15, 0.2) is 0 Å². The molecule has 0 aliphatic heterocycles. The van der Waals surface area contributed by atoms with E-state index in [1.807, 2.05) is 54.6 Å². The summed E-state index contributed by atoms with van der Waals surface area (Å²) in [4.78, 5) is 11.6. The Bertz CT molecular complexity index is 446. The van der Waals surface area contributed by atoms with Crippen molar-refractivity contribution in [3.63, 3.8) is 0 Å². The molecular formula is C16H16FeO-2. The van der Waals surface area contributed by atoms with Gasteiger partial charge in [-0.25, -0.2) is 12.1 Å². The Morgan fingerprint density at radius 2 is 1.78 bits per heavy atom. The molecule has 0 saturated heterocycles. The van der Waals surface area contributed by atoms with Gasteiger partial charge in [-0.2, -0.15) is 30.3 Å². The zero-order valence-electron chi connectivity index (χ0n) is 10.2. The molecule has 0 bridgehead atoms. The van der Waals surface area contributed by atoms with Crippen molar-refractivity contribution >= 4 is 5.78 Å². The summed E-state index contributed by atoms with van der Waals surface area (Å²) in [5, 5.41) is 0. The minimum Gasteiger partial charge on any atom is -0.311 e. The molecular weight excluding hydrogens is 264 g/mol. The van der Waals surface area contributed by atoms with Crippen LogP contribution in [0.5, 0.6) is 0 Å². The van der Waals surface area contributed by atoms with E-state index in [2.05, 4.69) is 6.08 Å². The second-order valence-electron chi connectivity index (χ2n) is 4.09. The molecule has 1 aliphatic rings. The summed E-state index contributed by atoms with van der Waals surface area (Å²) in [7, 11) is 0. The molecule has 0 aromatic heterocycles. The van der Waals surface area contributed by atoms with E-state index in [0.717, 1.165) is 30.4 Å². The van der Waals surface area contributed by atoms with Crippen LogP contribution < -0.4 is 0 Å². The van der Waals surface area contributed by atoms with Crippen molar-refractivity contribution in [3.05, 3.63) is 71.8 Å². The first-order valence-electron chi connectivity index (χ1n) is 6.00. The van der Waals surface area contributed by atoms with E-state index in [9.17, 15) is 4.79 Å². The van der Waals surface area contributed by atoms with Crippen LogP contribution in [0.1, 0.15) is 29.6 Å². The van der Waals surface area contributed by atoms with Crippen molar-refractivity contribution in [1.82, 2.24) is 0 Å². The van der Waals surface area contributed by atoms with Gasteiger partial charge in [0.05, 0.1) is 0 Å². The van der Waals surface area contributed by atoms with E-state index >= 15 is 0 Å². The Morgan fingerprint density at radius 1 is 1.11 bits per heavy atom. The average molecular weight is 280 g/mol. The quantitative estimate of drug-likeness (QED) is 0.460. The Balaban J connectivity index is 0.000000230. The molecule has 0 amide bonds. The average Bonchev–Trinajstić information content (AvgIpc) is 3.11. The van der Waals surface area contributed by atoms with E-state index in [-0.39, 0.29) is 22.9 Å². The molecule has 1 nitrogen and oxygen atoms in total. The molecule has 3 rings (SSSR count). The fraction of sp³-hybridized carbons (Fsp3) is 0.188. The molecule has 0 radical (unpaired) electrons.